The van der Waals surface area contributed by atoms with E-state index in [0.29, 0.717) is 11.3 Å². The topological polar surface area (TPSA) is 114 Å². The summed E-state index contributed by atoms with van der Waals surface area (Å²) in [7, 11) is 0. The van der Waals surface area contributed by atoms with E-state index in [0.717, 1.165) is 6.20 Å². The van der Waals surface area contributed by atoms with Crippen LogP contribution in [0.3, 0.4) is 0 Å². The molecule has 0 unspecified atom stereocenters. The van der Waals surface area contributed by atoms with Crippen molar-refractivity contribution in [2.45, 2.75) is 13.0 Å². The molecule has 0 spiro atoms. The Labute approximate surface area is 119 Å². The Morgan fingerprint density at radius 3 is 2.90 bits per heavy atom. The maximum absolute atomic E-state index is 11.8. The minimum Gasteiger partial charge on any atom is -0.325 e. The molecule has 1 amide bonds. The van der Waals surface area contributed by atoms with E-state index in [1.807, 2.05) is 6.07 Å². The first-order valence-corrected chi connectivity index (χ1v) is 6.06. The number of aromatic nitrogens is 2. The molecule has 21 heavy (non-hydrogen) atoms. The second kappa shape index (κ2) is 6.29. The number of amides is 1. The SMILES string of the molecule is N#Cc1ccccc1NC(=O)CCn1cc([N+](=O)[O-])cn1. The van der Waals surface area contributed by atoms with Crippen LogP contribution >= 0.6 is 0 Å². The molecule has 0 saturated carbocycles. The van der Waals surface area contributed by atoms with Crippen molar-refractivity contribution >= 4 is 17.3 Å². The van der Waals surface area contributed by atoms with Crippen LogP contribution in [0.25, 0.3) is 0 Å². The Bertz CT molecular complexity index is 717. The number of nitrogens with zero attached hydrogens (tertiary/aromatic N) is 4. The Hall–Kier alpha value is -3.21. The second-order valence-electron chi connectivity index (χ2n) is 4.17. The molecule has 0 aliphatic carbocycles. The zero-order chi connectivity index (χ0) is 15.2. The van der Waals surface area contributed by atoms with Gasteiger partial charge in [-0.05, 0) is 12.1 Å². The van der Waals surface area contributed by atoms with Crippen molar-refractivity contribution in [1.82, 2.24) is 9.78 Å². The molecule has 0 fully saturated rings. The second-order valence-corrected chi connectivity index (χ2v) is 4.17. The van der Waals surface area contributed by atoms with E-state index >= 15 is 0 Å². The molecule has 0 radical (unpaired) electrons. The molecule has 0 aliphatic rings. The number of para-hydroxylation sites is 1. The molecule has 2 rings (SSSR count). The van der Waals surface area contributed by atoms with Gasteiger partial charge in [-0.25, -0.2) is 0 Å². The van der Waals surface area contributed by atoms with Gasteiger partial charge in [-0.3, -0.25) is 19.6 Å². The number of carbonyl (C=O) groups is 1. The van der Waals surface area contributed by atoms with Crippen molar-refractivity contribution in [3.63, 3.8) is 0 Å². The quantitative estimate of drug-likeness (QED) is 0.663. The molecule has 8 heteroatoms. The molecule has 1 N–H and O–H groups in total. The highest BCUT2D eigenvalue weighted by Crippen LogP contribution is 2.14. The van der Waals surface area contributed by atoms with Crippen molar-refractivity contribution in [1.29, 1.82) is 5.26 Å². The van der Waals surface area contributed by atoms with E-state index in [4.69, 9.17) is 5.26 Å². The number of nitrogens with one attached hydrogen (secondary N) is 1. The fourth-order valence-electron chi connectivity index (χ4n) is 1.69. The maximum atomic E-state index is 11.8. The molecule has 0 saturated heterocycles. The summed E-state index contributed by atoms with van der Waals surface area (Å²) in [4.78, 5) is 21.8. The molecule has 1 heterocycles. The lowest BCUT2D eigenvalue weighted by atomic mass is 10.2. The molecule has 8 nitrogen and oxygen atoms in total. The summed E-state index contributed by atoms with van der Waals surface area (Å²) >= 11 is 0. The molecule has 1 aromatic heterocycles. The monoisotopic (exact) mass is 285 g/mol. The third-order valence-corrected chi connectivity index (χ3v) is 2.72. The summed E-state index contributed by atoms with van der Waals surface area (Å²) in [6.07, 6.45) is 2.48. The van der Waals surface area contributed by atoms with Gasteiger partial charge in [-0.2, -0.15) is 10.4 Å². The lowest BCUT2D eigenvalue weighted by molar-refractivity contribution is -0.385. The predicted octanol–water partition coefficient (Wildman–Crippen LogP) is 1.69. The number of nitriles is 1. The Kier molecular flexibility index (Phi) is 4.26. The highest BCUT2D eigenvalue weighted by atomic mass is 16.6. The average molecular weight is 285 g/mol. The Balaban J connectivity index is 1.93. The normalized spacial score (nSPS) is 9.86. The maximum Gasteiger partial charge on any atom is 0.306 e. The van der Waals surface area contributed by atoms with Crippen molar-refractivity contribution in [3.8, 4) is 6.07 Å². The van der Waals surface area contributed by atoms with Crippen molar-refractivity contribution in [2.75, 3.05) is 5.32 Å². The lowest BCUT2D eigenvalue weighted by Crippen LogP contribution is -2.15. The number of hydrogen-bond acceptors (Lipinski definition) is 5. The van der Waals surface area contributed by atoms with Crippen LogP contribution in [0.4, 0.5) is 11.4 Å². The van der Waals surface area contributed by atoms with Gasteiger partial charge in [0.05, 0.1) is 16.2 Å². The van der Waals surface area contributed by atoms with Crippen molar-refractivity contribution < 1.29 is 9.72 Å². The van der Waals surface area contributed by atoms with Gasteiger partial charge in [-0.15, -0.1) is 0 Å². The minimum atomic E-state index is -0.549. The van der Waals surface area contributed by atoms with Crippen LogP contribution < -0.4 is 5.32 Å². The number of aryl methyl sites for hydroxylation is 1. The molecule has 0 bridgehead atoms. The van der Waals surface area contributed by atoms with Gasteiger partial charge >= 0.3 is 5.69 Å². The Morgan fingerprint density at radius 1 is 1.48 bits per heavy atom. The third kappa shape index (κ3) is 3.63. The zero-order valence-corrected chi connectivity index (χ0v) is 10.9. The van der Waals surface area contributed by atoms with Gasteiger partial charge in [0.1, 0.15) is 18.5 Å². The molecule has 2 aromatic rings. The molecule has 106 valence electrons. The lowest BCUT2D eigenvalue weighted by Gasteiger charge is -2.06. The third-order valence-electron chi connectivity index (χ3n) is 2.72. The molecular formula is C13H11N5O3. The van der Waals surface area contributed by atoms with Crippen LogP contribution in [-0.4, -0.2) is 20.6 Å². The number of rotatable bonds is 5. The minimum absolute atomic E-state index is 0.0958. The largest absolute Gasteiger partial charge is 0.325 e. The van der Waals surface area contributed by atoms with E-state index in [2.05, 4.69) is 10.4 Å². The van der Waals surface area contributed by atoms with Crippen LogP contribution in [-0.2, 0) is 11.3 Å². The first kappa shape index (κ1) is 14.2. The van der Waals surface area contributed by atoms with E-state index in [-0.39, 0.29) is 24.6 Å². The number of carbonyl (C=O) groups excluding carboxylic acids is 1. The molecule has 0 atom stereocenters. The standard InChI is InChI=1S/C13H11N5O3/c14-7-10-3-1-2-4-12(10)16-13(19)5-6-17-9-11(8-15-17)18(20)21/h1-4,8-9H,5-6H2,(H,16,19). The van der Waals surface area contributed by atoms with Crippen molar-refractivity contribution in [2.24, 2.45) is 0 Å². The molecule has 0 aliphatic heterocycles. The highest BCUT2D eigenvalue weighted by Gasteiger charge is 2.10. The molecule has 1 aromatic carbocycles. The van der Waals surface area contributed by atoms with E-state index in [1.54, 1.807) is 24.3 Å². The number of nitro groups is 1. The van der Waals surface area contributed by atoms with Gasteiger partial charge in [0.15, 0.2) is 0 Å². The first-order chi connectivity index (χ1) is 10.1. The summed E-state index contributed by atoms with van der Waals surface area (Å²) in [5.74, 6) is -0.296. The summed E-state index contributed by atoms with van der Waals surface area (Å²) in [5.41, 5.74) is 0.697. The van der Waals surface area contributed by atoms with Crippen LogP contribution in [0.1, 0.15) is 12.0 Å². The van der Waals surface area contributed by atoms with Crippen LogP contribution in [0, 0.1) is 21.4 Å². The summed E-state index contributed by atoms with van der Waals surface area (Å²) in [6, 6.07) is 8.64. The van der Waals surface area contributed by atoms with Crippen molar-refractivity contribution in [3.05, 3.63) is 52.3 Å². The number of hydrogen-bond donors (Lipinski definition) is 1. The van der Waals surface area contributed by atoms with Gasteiger partial charge in [0.2, 0.25) is 5.91 Å². The van der Waals surface area contributed by atoms with Gasteiger partial charge in [0.25, 0.3) is 0 Å². The van der Waals surface area contributed by atoms with Crippen LogP contribution in [0.5, 0.6) is 0 Å². The van der Waals surface area contributed by atoms with Crippen LogP contribution in [0.15, 0.2) is 36.7 Å². The predicted molar refractivity (Wildman–Crippen MR) is 73.3 cm³/mol. The van der Waals surface area contributed by atoms with Crippen LogP contribution in [0.2, 0.25) is 0 Å². The van der Waals surface area contributed by atoms with E-state index in [1.165, 1.54) is 10.9 Å². The van der Waals surface area contributed by atoms with Gasteiger partial charge in [-0.1, -0.05) is 12.1 Å². The van der Waals surface area contributed by atoms with E-state index in [9.17, 15) is 14.9 Å². The number of benzene rings is 1. The van der Waals surface area contributed by atoms with E-state index < -0.39 is 4.92 Å². The number of anilines is 1. The summed E-state index contributed by atoms with van der Waals surface area (Å²) in [5, 5.41) is 25.8. The fourth-order valence-corrected chi connectivity index (χ4v) is 1.69. The molecular weight excluding hydrogens is 274 g/mol. The zero-order valence-electron chi connectivity index (χ0n) is 10.9. The Morgan fingerprint density at radius 2 is 2.24 bits per heavy atom. The highest BCUT2D eigenvalue weighted by molar-refractivity contribution is 5.91. The smallest absolute Gasteiger partial charge is 0.306 e. The summed E-state index contributed by atoms with van der Waals surface area (Å²) < 4.78 is 1.33. The van der Waals surface area contributed by atoms with Gasteiger partial charge in [0, 0.05) is 13.0 Å². The van der Waals surface area contributed by atoms with Gasteiger partial charge < -0.3 is 5.32 Å². The summed E-state index contributed by atoms with van der Waals surface area (Å²) in [6.45, 7) is 0.217. The first-order valence-electron chi connectivity index (χ1n) is 6.06. The average Bonchev–Trinajstić information content (AvgIpc) is 2.95. The fraction of sp³-hybridized carbons (Fsp3) is 0.154.